The molecule has 4 nitrogen and oxygen atoms in total. The third kappa shape index (κ3) is 3.63. The summed E-state index contributed by atoms with van der Waals surface area (Å²) in [7, 11) is -3.68. The monoisotopic (exact) mass is 340 g/mol. The van der Waals surface area contributed by atoms with Gasteiger partial charge in [0.1, 0.15) is 6.07 Å². The van der Waals surface area contributed by atoms with E-state index in [0.717, 1.165) is 4.88 Å². The zero-order valence-electron chi connectivity index (χ0n) is 11.2. The van der Waals surface area contributed by atoms with Crippen molar-refractivity contribution in [3.8, 4) is 6.07 Å². The smallest absolute Gasteiger partial charge is 0.207 e. The minimum Gasteiger partial charge on any atom is -0.207 e. The van der Waals surface area contributed by atoms with E-state index in [1.165, 1.54) is 29.5 Å². The highest BCUT2D eigenvalue weighted by molar-refractivity contribution is 7.89. The summed E-state index contributed by atoms with van der Waals surface area (Å²) in [6.07, 6.45) is 0.643. The Morgan fingerprint density at radius 2 is 2.19 bits per heavy atom. The Balaban J connectivity index is 2.30. The minimum atomic E-state index is -3.68. The lowest BCUT2D eigenvalue weighted by Gasteiger charge is -2.16. The first kappa shape index (κ1) is 16.0. The van der Waals surface area contributed by atoms with Crippen LogP contribution in [0.25, 0.3) is 0 Å². The summed E-state index contributed by atoms with van der Waals surface area (Å²) in [5, 5.41) is 10.9. The van der Waals surface area contributed by atoms with Crippen molar-refractivity contribution in [3.05, 3.63) is 51.2 Å². The Kier molecular flexibility index (Phi) is 5.01. The number of hydrogen-bond donors (Lipinski definition) is 1. The van der Waals surface area contributed by atoms with Crippen LogP contribution in [0.5, 0.6) is 0 Å². The average Bonchev–Trinajstić information content (AvgIpc) is 2.98. The topological polar surface area (TPSA) is 70.0 Å². The van der Waals surface area contributed by atoms with E-state index < -0.39 is 10.0 Å². The van der Waals surface area contributed by atoms with Crippen LogP contribution in [-0.2, 0) is 10.0 Å². The first-order valence-electron chi connectivity index (χ1n) is 6.23. The van der Waals surface area contributed by atoms with Crippen molar-refractivity contribution in [3.63, 3.8) is 0 Å². The van der Waals surface area contributed by atoms with E-state index >= 15 is 0 Å². The number of benzene rings is 1. The van der Waals surface area contributed by atoms with Crippen LogP contribution in [0, 0.1) is 11.3 Å². The molecule has 21 heavy (non-hydrogen) atoms. The van der Waals surface area contributed by atoms with Crippen LogP contribution < -0.4 is 4.72 Å². The van der Waals surface area contributed by atoms with E-state index in [1.807, 2.05) is 30.5 Å². The molecule has 1 unspecified atom stereocenters. The molecular formula is C14H13ClN2O2S2. The molecule has 1 aromatic carbocycles. The van der Waals surface area contributed by atoms with Crippen LogP contribution in [0.15, 0.2) is 40.6 Å². The van der Waals surface area contributed by atoms with Gasteiger partial charge in [0.15, 0.2) is 0 Å². The van der Waals surface area contributed by atoms with Crippen LogP contribution in [0.2, 0.25) is 5.02 Å². The number of nitriles is 1. The first-order chi connectivity index (χ1) is 9.97. The third-order valence-corrected chi connectivity index (χ3v) is 5.73. The van der Waals surface area contributed by atoms with Crippen LogP contribution >= 0.6 is 22.9 Å². The predicted octanol–water partition coefficient (Wildman–Crippen LogP) is 3.70. The summed E-state index contributed by atoms with van der Waals surface area (Å²) < 4.78 is 27.5. The lowest BCUT2D eigenvalue weighted by molar-refractivity contribution is 0.553. The minimum absolute atomic E-state index is 0.0570. The number of nitrogens with one attached hydrogen (secondary N) is 1. The van der Waals surface area contributed by atoms with Crippen molar-refractivity contribution in [1.82, 2.24) is 4.72 Å². The molecule has 110 valence electrons. The maximum absolute atomic E-state index is 12.4. The molecule has 7 heteroatoms. The van der Waals surface area contributed by atoms with E-state index in [4.69, 9.17) is 16.9 Å². The second-order valence-corrected chi connectivity index (χ2v) is 7.45. The standard InChI is InChI=1S/C14H13ClN2O2S2/c1-2-13(14-4-3-7-20-14)17-21(18,19)11-6-5-10(9-16)12(15)8-11/h3-8,13,17H,2H2,1H3. The Morgan fingerprint density at radius 3 is 2.71 bits per heavy atom. The van der Waals surface area contributed by atoms with Crippen molar-refractivity contribution in [2.24, 2.45) is 0 Å². The fourth-order valence-corrected chi connectivity index (χ4v) is 4.39. The second kappa shape index (κ2) is 6.58. The number of thiophene rings is 1. The van der Waals surface area contributed by atoms with Crippen LogP contribution in [-0.4, -0.2) is 8.42 Å². The summed E-state index contributed by atoms with van der Waals surface area (Å²) in [4.78, 5) is 1.02. The molecule has 1 aromatic heterocycles. The summed E-state index contributed by atoms with van der Waals surface area (Å²) in [6.45, 7) is 1.92. The zero-order valence-corrected chi connectivity index (χ0v) is 13.6. The average molecular weight is 341 g/mol. The molecule has 0 fully saturated rings. The number of rotatable bonds is 5. The first-order valence-corrected chi connectivity index (χ1v) is 8.97. The van der Waals surface area contributed by atoms with Crippen molar-refractivity contribution < 1.29 is 8.42 Å². The summed E-state index contributed by atoms with van der Waals surface area (Å²) in [5.74, 6) is 0. The predicted molar refractivity (Wildman–Crippen MR) is 83.8 cm³/mol. The fourth-order valence-electron chi connectivity index (χ4n) is 1.84. The number of halogens is 1. The molecule has 0 aliphatic rings. The van der Waals surface area contributed by atoms with Crippen LogP contribution in [0.1, 0.15) is 29.8 Å². The van der Waals surface area contributed by atoms with Gasteiger partial charge in [-0.15, -0.1) is 11.3 Å². The largest absolute Gasteiger partial charge is 0.241 e. The molecule has 1 heterocycles. The molecule has 0 bridgehead atoms. The van der Waals surface area contributed by atoms with Gasteiger partial charge in [-0.2, -0.15) is 5.26 Å². The number of nitrogens with zero attached hydrogens (tertiary/aromatic N) is 1. The fraction of sp³-hybridized carbons (Fsp3) is 0.214. The number of hydrogen-bond acceptors (Lipinski definition) is 4. The second-order valence-electron chi connectivity index (χ2n) is 4.35. The van der Waals surface area contributed by atoms with Gasteiger partial charge in [-0.05, 0) is 36.1 Å². The van der Waals surface area contributed by atoms with E-state index in [0.29, 0.717) is 6.42 Å². The molecule has 0 spiro atoms. The van der Waals surface area contributed by atoms with E-state index in [-0.39, 0.29) is 21.5 Å². The zero-order chi connectivity index (χ0) is 15.5. The Labute approximate surface area is 133 Å². The SMILES string of the molecule is CCC(NS(=O)(=O)c1ccc(C#N)c(Cl)c1)c1cccs1. The summed E-state index contributed by atoms with van der Waals surface area (Å²) in [5.41, 5.74) is 0.251. The highest BCUT2D eigenvalue weighted by Gasteiger charge is 2.21. The highest BCUT2D eigenvalue weighted by Crippen LogP contribution is 2.25. The summed E-state index contributed by atoms with van der Waals surface area (Å²) in [6, 6.07) is 9.49. The van der Waals surface area contributed by atoms with Crippen molar-refractivity contribution >= 4 is 33.0 Å². The quantitative estimate of drug-likeness (QED) is 0.902. The van der Waals surface area contributed by atoms with E-state index in [2.05, 4.69) is 4.72 Å². The van der Waals surface area contributed by atoms with Gasteiger partial charge in [0.05, 0.1) is 21.5 Å². The molecule has 0 aliphatic heterocycles. The molecule has 2 rings (SSSR count). The maximum Gasteiger partial charge on any atom is 0.241 e. The Morgan fingerprint density at radius 1 is 1.43 bits per heavy atom. The Hall–Kier alpha value is -1.39. The van der Waals surface area contributed by atoms with Gasteiger partial charge < -0.3 is 0 Å². The molecule has 0 saturated carbocycles. The van der Waals surface area contributed by atoms with Crippen LogP contribution in [0.3, 0.4) is 0 Å². The van der Waals surface area contributed by atoms with E-state index in [9.17, 15) is 8.42 Å². The molecule has 2 aromatic rings. The van der Waals surface area contributed by atoms with Gasteiger partial charge in [0.2, 0.25) is 10.0 Å². The molecular weight excluding hydrogens is 328 g/mol. The van der Waals surface area contributed by atoms with E-state index in [1.54, 1.807) is 0 Å². The molecule has 1 N–H and O–H groups in total. The molecule has 0 saturated heterocycles. The van der Waals surface area contributed by atoms with Crippen molar-refractivity contribution in [2.45, 2.75) is 24.3 Å². The van der Waals surface area contributed by atoms with Crippen molar-refractivity contribution in [1.29, 1.82) is 5.26 Å². The normalized spacial score (nSPS) is 12.8. The molecule has 1 atom stereocenters. The molecule has 0 aliphatic carbocycles. The highest BCUT2D eigenvalue weighted by atomic mass is 35.5. The lowest BCUT2D eigenvalue weighted by Crippen LogP contribution is -2.27. The van der Waals surface area contributed by atoms with Gasteiger partial charge in [-0.1, -0.05) is 24.6 Å². The van der Waals surface area contributed by atoms with Gasteiger partial charge in [0, 0.05) is 4.88 Å². The van der Waals surface area contributed by atoms with Gasteiger partial charge in [0.25, 0.3) is 0 Å². The van der Waals surface area contributed by atoms with Gasteiger partial charge >= 0.3 is 0 Å². The Bertz CT molecular complexity index is 765. The van der Waals surface area contributed by atoms with Crippen LogP contribution in [0.4, 0.5) is 0 Å². The van der Waals surface area contributed by atoms with Crippen molar-refractivity contribution in [2.75, 3.05) is 0 Å². The molecule has 0 amide bonds. The van der Waals surface area contributed by atoms with Gasteiger partial charge in [-0.25, -0.2) is 13.1 Å². The van der Waals surface area contributed by atoms with Gasteiger partial charge in [-0.3, -0.25) is 0 Å². The molecule has 0 radical (unpaired) electrons. The lowest BCUT2D eigenvalue weighted by atomic mass is 10.2. The third-order valence-electron chi connectivity index (χ3n) is 2.96. The number of sulfonamides is 1. The maximum atomic E-state index is 12.4. The summed E-state index contributed by atoms with van der Waals surface area (Å²) >= 11 is 7.40.